The third kappa shape index (κ3) is 3.37. The van der Waals surface area contributed by atoms with E-state index in [0.29, 0.717) is 22.0 Å². The Morgan fingerprint density at radius 3 is 2.45 bits per heavy atom. The number of aryl methyl sites for hydroxylation is 2. The predicted octanol–water partition coefficient (Wildman–Crippen LogP) is 5.72. The van der Waals surface area contributed by atoms with Crippen LogP contribution in [0.3, 0.4) is 0 Å². The summed E-state index contributed by atoms with van der Waals surface area (Å²) in [6.45, 7) is 5.81. The summed E-state index contributed by atoms with van der Waals surface area (Å²) in [6.07, 6.45) is 0. The van der Waals surface area contributed by atoms with Gasteiger partial charge in [-0.1, -0.05) is 35.9 Å². The smallest absolute Gasteiger partial charge is 0.282 e. The number of benzene rings is 2. The Balaban J connectivity index is 1.85. The normalized spacial score (nSPS) is 14.1. The number of thiophene rings is 1. The highest BCUT2D eigenvalue weighted by atomic mass is 35.5. The molecule has 4 rings (SSSR count). The molecule has 0 aliphatic carbocycles. The number of amides is 2. The Labute approximate surface area is 178 Å². The van der Waals surface area contributed by atoms with Gasteiger partial charge in [0.05, 0.1) is 11.3 Å². The van der Waals surface area contributed by atoms with E-state index in [1.54, 1.807) is 18.2 Å². The summed E-state index contributed by atoms with van der Waals surface area (Å²) in [7, 11) is 0. The van der Waals surface area contributed by atoms with Crippen LogP contribution in [0.25, 0.3) is 5.57 Å². The van der Waals surface area contributed by atoms with Crippen molar-refractivity contribution in [3.63, 3.8) is 0 Å². The Kier molecular flexibility index (Phi) is 5.03. The minimum Gasteiger partial charge on any atom is -0.350 e. The van der Waals surface area contributed by atoms with Crippen molar-refractivity contribution >= 4 is 51.7 Å². The molecule has 4 nitrogen and oxygen atoms in total. The lowest BCUT2D eigenvalue weighted by molar-refractivity contribution is -0.120. The van der Waals surface area contributed by atoms with Crippen LogP contribution in [0.15, 0.2) is 59.6 Å². The minimum atomic E-state index is -0.369. The van der Waals surface area contributed by atoms with E-state index in [0.717, 1.165) is 21.6 Å². The number of hydrogen-bond donors (Lipinski definition) is 1. The number of halogens is 1. The Morgan fingerprint density at radius 2 is 1.72 bits per heavy atom. The van der Waals surface area contributed by atoms with Gasteiger partial charge in [-0.3, -0.25) is 9.59 Å². The molecule has 0 saturated carbocycles. The van der Waals surface area contributed by atoms with Gasteiger partial charge in [0.25, 0.3) is 11.8 Å². The lowest BCUT2D eigenvalue weighted by Gasteiger charge is -2.19. The molecule has 0 saturated heterocycles. The standard InChI is InChI=1S/C23H19ClN2O2S/c1-13-6-4-7-18(15(13)3)26-22(27)20(19-8-5-11-29-19)21(23(26)28)25-17-12-16(24)10-9-14(17)2/h4-12,25H,1-3H3. The van der Waals surface area contributed by atoms with Gasteiger partial charge in [-0.15, -0.1) is 11.3 Å². The van der Waals surface area contributed by atoms with Crippen molar-refractivity contribution in [1.29, 1.82) is 0 Å². The molecule has 0 spiro atoms. The molecular weight excluding hydrogens is 404 g/mol. The van der Waals surface area contributed by atoms with Gasteiger partial charge < -0.3 is 5.32 Å². The molecule has 0 unspecified atom stereocenters. The Hall–Kier alpha value is -2.89. The summed E-state index contributed by atoms with van der Waals surface area (Å²) >= 11 is 7.58. The average molecular weight is 423 g/mol. The van der Waals surface area contributed by atoms with Crippen LogP contribution in [0, 0.1) is 20.8 Å². The lowest BCUT2D eigenvalue weighted by Crippen LogP contribution is -2.33. The number of carbonyl (C=O) groups is 2. The highest BCUT2D eigenvalue weighted by Gasteiger charge is 2.41. The van der Waals surface area contributed by atoms with Crippen LogP contribution in [0.2, 0.25) is 5.02 Å². The third-order valence-corrected chi connectivity index (χ3v) is 6.25. The van der Waals surface area contributed by atoms with Crippen LogP contribution < -0.4 is 10.2 Å². The SMILES string of the molecule is Cc1ccc(Cl)cc1NC1=C(c2cccs2)C(=O)N(c2cccc(C)c2C)C1=O. The number of nitrogens with zero attached hydrogens (tertiary/aromatic N) is 1. The maximum Gasteiger partial charge on any atom is 0.282 e. The highest BCUT2D eigenvalue weighted by molar-refractivity contribution is 7.11. The fourth-order valence-electron chi connectivity index (χ4n) is 3.36. The van der Waals surface area contributed by atoms with Crippen molar-refractivity contribution in [3.8, 4) is 0 Å². The van der Waals surface area contributed by atoms with Crippen molar-refractivity contribution < 1.29 is 9.59 Å². The Morgan fingerprint density at radius 1 is 0.931 bits per heavy atom. The summed E-state index contributed by atoms with van der Waals surface area (Å²) in [5, 5.41) is 5.64. The monoisotopic (exact) mass is 422 g/mol. The van der Waals surface area contributed by atoms with Gasteiger partial charge in [0, 0.05) is 15.6 Å². The van der Waals surface area contributed by atoms with E-state index in [2.05, 4.69) is 5.32 Å². The second-order valence-corrected chi connectivity index (χ2v) is 8.36. The molecule has 0 fully saturated rings. The van der Waals surface area contributed by atoms with Crippen LogP contribution in [-0.2, 0) is 9.59 Å². The quantitative estimate of drug-likeness (QED) is 0.547. The molecule has 1 aromatic heterocycles. The van der Waals surface area contributed by atoms with Crippen LogP contribution in [0.1, 0.15) is 21.6 Å². The van der Waals surface area contributed by atoms with Crippen LogP contribution >= 0.6 is 22.9 Å². The lowest BCUT2D eigenvalue weighted by atomic mass is 10.1. The van der Waals surface area contributed by atoms with Crippen molar-refractivity contribution in [2.75, 3.05) is 10.2 Å². The van der Waals surface area contributed by atoms with Crippen LogP contribution in [0.5, 0.6) is 0 Å². The highest BCUT2D eigenvalue weighted by Crippen LogP contribution is 2.37. The average Bonchev–Trinajstić information content (AvgIpc) is 3.28. The summed E-state index contributed by atoms with van der Waals surface area (Å²) in [5.41, 5.74) is 4.80. The maximum atomic E-state index is 13.4. The number of carbonyl (C=O) groups excluding carboxylic acids is 2. The Bertz CT molecular complexity index is 1170. The first kappa shape index (κ1) is 19.4. The minimum absolute atomic E-state index is 0.267. The topological polar surface area (TPSA) is 49.4 Å². The molecule has 0 bridgehead atoms. The van der Waals surface area contributed by atoms with E-state index >= 15 is 0 Å². The van der Waals surface area contributed by atoms with Gasteiger partial charge in [0.15, 0.2) is 0 Å². The van der Waals surface area contributed by atoms with E-state index < -0.39 is 0 Å². The first-order valence-electron chi connectivity index (χ1n) is 9.15. The van der Waals surface area contributed by atoms with E-state index in [4.69, 9.17) is 11.6 Å². The molecule has 1 N–H and O–H groups in total. The van der Waals surface area contributed by atoms with Crippen molar-refractivity contribution in [1.82, 2.24) is 0 Å². The second kappa shape index (κ2) is 7.50. The van der Waals surface area contributed by atoms with Gasteiger partial charge in [-0.25, -0.2) is 4.90 Å². The second-order valence-electron chi connectivity index (χ2n) is 6.98. The summed E-state index contributed by atoms with van der Waals surface area (Å²) < 4.78 is 0. The van der Waals surface area contributed by atoms with Crippen molar-refractivity contribution in [2.24, 2.45) is 0 Å². The van der Waals surface area contributed by atoms with E-state index in [1.165, 1.54) is 16.2 Å². The zero-order valence-corrected chi connectivity index (χ0v) is 17.8. The van der Waals surface area contributed by atoms with Gasteiger partial charge in [-0.05, 0) is 67.1 Å². The van der Waals surface area contributed by atoms with Gasteiger partial charge in [0.2, 0.25) is 0 Å². The first-order valence-corrected chi connectivity index (χ1v) is 10.4. The van der Waals surface area contributed by atoms with Crippen molar-refractivity contribution in [3.05, 3.63) is 86.2 Å². The molecule has 0 radical (unpaired) electrons. The predicted molar refractivity (Wildman–Crippen MR) is 119 cm³/mol. The number of hydrogen-bond acceptors (Lipinski definition) is 4. The third-order valence-electron chi connectivity index (χ3n) is 5.13. The molecule has 2 amide bonds. The van der Waals surface area contributed by atoms with Gasteiger partial charge in [0.1, 0.15) is 5.70 Å². The molecular formula is C23H19ClN2O2S. The number of rotatable bonds is 4. The molecule has 2 aromatic carbocycles. The fraction of sp³-hybridized carbons (Fsp3) is 0.130. The van der Waals surface area contributed by atoms with Gasteiger partial charge >= 0.3 is 0 Å². The van der Waals surface area contributed by atoms with E-state index in [1.807, 2.05) is 56.5 Å². The molecule has 0 atom stereocenters. The largest absolute Gasteiger partial charge is 0.350 e. The van der Waals surface area contributed by atoms with Gasteiger partial charge in [-0.2, -0.15) is 0 Å². The molecule has 6 heteroatoms. The number of nitrogens with one attached hydrogen (secondary N) is 1. The first-order chi connectivity index (χ1) is 13.9. The zero-order valence-electron chi connectivity index (χ0n) is 16.2. The molecule has 1 aliphatic heterocycles. The zero-order chi connectivity index (χ0) is 20.7. The summed E-state index contributed by atoms with van der Waals surface area (Å²) in [5.74, 6) is -0.695. The maximum absolute atomic E-state index is 13.4. The summed E-state index contributed by atoms with van der Waals surface area (Å²) in [6, 6.07) is 14.8. The van der Waals surface area contributed by atoms with E-state index in [-0.39, 0.29) is 17.5 Å². The van der Waals surface area contributed by atoms with E-state index in [9.17, 15) is 9.59 Å². The van der Waals surface area contributed by atoms with Crippen LogP contribution in [0.4, 0.5) is 11.4 Å². The van der Waals surface area contributed by atoms with Crippen LogP contribution in [-0.4, -0.2) is 11.8 Å². The summed E-state index contributed by atoms with van der Waals surface area (Å²) in [4.78, 5) is 28.9. The fourth-order valence-corrected chi connectivity index (χ4v) is 4.30. The molecule has 2 heterocycles. The molecule has 146 valence electrons. The van der Waals surface area contributed by atoms with Crippen molar-refractivity contribution in [2.45, 2.75) is 20.8 Å². The molecule has 3 aromatic rings. The molecule has 29 heavy (non-hydrogen) atoms. The number of imide groups is 1. The molecule has 1 aliphatic rings. The number of anilines is 2.